The van der Waals surface area contributed by atoms with E-state index >= 15 is 0 Å². The van der Waals surface area contributed by atoms with Crippen molar-refractivity contribution in [3.8, 4) is 5.75 Å². The molecule has 0 aliphatic heterocycles. The Hall–Kier alpha value is -1.85. The van der Waals surface area contributed by atoms with Gasteiger partial charge in [-0.2, -0.15) is 0 Å². The average Bonchev–Trinajstić information content (AvgIpc) is 2.83. The molecule has 3 nitrogen and oxygen atoms in total. The van der Waals surface area contributed by atoms with Gasteiger partial charge in [0, 0.05) is 15.8 Å². The zero-order valence-electron chi connectivity index (χ0n) is 10.2. The van der Waals surface area contributed by atoms with Gasteiger partial charge < -0.3 is 9.84 Å². The first-order valence-corrected chi connectivity index (χ1v) is 6.81. The fraction of sp³-hybridized carbons (Fsp3) is 0.0714. The largest absolute Gasteiger partial charge is 0.487 e. The summed E-state index contributed by atoms with van der Waals surface area (Å²) in [4.78, 5) is 12.1. The number of hydrogen-bond donors (Lipinski definition) is 1. The smallest absolute Gasteiger partial charge is 0.328 e. The lowest BCUT2D eigenvalue weighted by atomic mass is 10.3. The minimum atomic E-state index is -0.991. The molecule has 1 heterocycles. The van der Waals surface area contributed by atoms with E-state index in [1.165, 1.54) is 35.6 Å². The monoisotopic (exact) mass is 312 g/mol. The van der Waals surface area contributed by atoms with Crippen LogP contribution < -0.4 is 4.74 Å². The molecule has 2 rings (SSSR count). The zero-order valence-corrected chi connectivity index (χ0v) is 11.7. The Labute approximate surface area is 123 Å². The highest BCUT2D eigenvalue weighted by Crippen LogP contribution is 2.27. The molecule has 0 amide bonds. The molecule has 0 fully saturated rings. The second-order valence-electron chi connectivity index (χ2n) is 3.84. The Morgan fingerprint density at radius 2 is 2.20 bits per heavy atom. The predicted octanol–water partition coefficient (Wildman–Crippen LogP) is 4.22. The normalized spacial score (nSPS) is 10.9. The number of halogens is 2. The SMILES string of the molecule is O=C(O)C=Cc1ccc(COc2ccc(F)cc2Cl)s1. The van der Waals surface area contributed by atoms with E-state index < -0.39 is 11.8 Å². The summed E-state index contributed by atoms with van der Waals surface area (Å²) < 4.78 is 18.4. The highest BCUT2D eigenvalue weighted by Gasteiger charge is 2.05. The van der Waals surface area contributed by atoms with Crippen LogP contribution in [0.3, 0.4) is 0 Å². The maximum absolute atomic E-state index is 12.9. The van der Waals surface area contributed by atoms with E-state index in [4.69, 9.17) is 21.4 Å². The van der Waals surface area contributed by atoms with Crippen LogP contribution in [0.4, 0.5) is 4.39 Å². The molecule has 0 unspecified atom stereocenters. The molecule has 0 radical (unpaired) electrons. The van der Waals surface area contributed by atoms with Gasteiger partial charge in [0.25, 0.3) is 0 Å². The van der Waals surface area contributed by atoms with Crippen molar-refractivity contribution in [1.82, 2.24) is 0 Å². The summed E-state index contributed by atoms with van der Waals surface area (Å²) in [6.45, 7) is 0.289. The Kier molecular flexibility index (Phi) is 4.76. The maximum Gasteiger partial charge on any atom is 0.328 e. The number of benzene rings is 1. The summed E-state index contributed by atoms with van der Waals surface area (Å²) in [6.07, 6.45) is 2.59. The summed E-state index contributed by atoms with van der Waals surface area (Å²) in [7, 11) is 0. The van der Waals surface area contributed by atoms with Gasteiger partial charge in [0.05, 0.1) is 5.02 Å². The number of aliphatic carboxylic acids is 1. The highest BCUT2D eigenvalue weighted by molar-refractivity contribution is 7.12. The lowest BCUT2D eigenvalue weighted by Crippen LogP contribution is -1.93. The van der Waals surface area contributed by atoms with Crippen LogP contribution in [0.5, 0.6) is 5.75 Å². The molecule has 0 saturated carbocycles. The molecule has 104 valence electrons. The molecule has 0 spiro atoms. The third kappa shape index (κ3) is 4.08. The number of carboxylic acids is 1. The van der Waals surface area contributed by atoms with E-state index in [0.717, 1.165) is 15.8 Å². The van der Waals surface area contributed by atoms with Gasteiger partial charge in [0.1, 0.15) is 18.2 Å². The van der Waals surface area contributed by atoms with E-state index in [9.17, 15) is 9.18 Å². The number of hydrogen-bond acceptors (Lipinski definition) is 3. The lowest BCUT2D eigenvalue weighted by Gasteiger charge is -2.06. The molecule has 0 aliphatic carbocycles. The number of carbonyl (C=O) groups is 1. The molecule has 0 atom stereocenters. The third-order valence-corrected chi connectivity index (χ3v) is 3.66. The van der Waals surface area contributed by atoms with Crippen LogP contribution >= 0.6 is 22.9 Å². The summed E-state index contributed by atoms with van der Waals surface area (Å²) in [5, 5.41) is 8.75. The third-order valence-electron chi connectivity index (χ3n) is 2.34. The second-order valence-corrected chi connectivity index (χ2v) is 5.45. The van der Waals surface area contributed by atoms with E-state index in [1.807, 2.05) is 6.07 Å². The van der Waals surface area contributed by atoms with Crippen LogP contribution in [0, 0.1) is 5.82 Å². The van der Waals surface area contributed by atoms with Crippen LogP contribution in [0.25, 0.3) is 6.08 Å². The van der Waals surface area contributed by atoms with Crippen molar-refractivity contribution in [2.75, 3.05) is 0 Å². The molecule has 20 heavy (non-hydrogen) atoms. The number of carboxylic acid groups (broad SMARTS) is 1. The molecule has 2 aromatic rings. The average molecular weight is 313 g/mol. The molecule has 0 bridgehead atoms. The standard InChI is InChI=1S/C14H10ClFO3S/c15-12-7-9(16)1-5-13(12)19-8-11-3-2-10(20-11)4-6-14(17)18/h1-7H,8H2,(H,17,18). The summed E-state index contributed by atoms with van der Waals surface area (Å²) >= 11 is 7.26. The molecular weight excluding hydrogens is 303 g/mol. The van der Waals surface area contributed by atoms with Gasteiger partial charge in [-0.1, -0.05) is 11.6 Å². The van der Waals surface area contributed by atoms with Crippen LogP contribution in [0.2, 0.25) is 5.02 Å². The maximum atomic E-state index is 12.9. The second kappa shape index (κ2) is 6.54. The van der Waals surface area contributed by atoms with Gasteiger partial charge in [0.2, 0.25) is 0 Å². The predicted molar refractivity (Wildman–Crippen MR) is 76.7 cm³/mol. The van der Waals surface area contributed by atoms with Gasteiger partial charge >= 0.3 is 5.97 Å². The van der Waals surface area contributed by atoms with E-state index in [0.29, 0.717) is 5.75 Å². The first-order valence-electron chi connectivity index (χ1n) is 5.62. The molecular formula is C14H10ClFO3S. The van der Waals surface area contributed by atoms with Gasteiger partial charge in [0.15, 0.2) is 0 Å². The molecule has 1 aromatic carbocycles. The van der Waals surface area contributed by atoms with Gasteiger partial charge in [-0.25, -0.2) is 9.18 Å². The minimum Gasteiger partial charge on any atom is -0.487 e. The number of thiophene rings is 1. The molecule has 1 N–H and O–H groups in total. The van der Waals surface area contributed by atoms with Crippen molar-refractivity contribution >= 4 is 35.0 Å². The quantitative estimate of drug-likeness (QED) is 0.841. The molecule has 0 aliphatic rings. The van der Waals surface area contributed by atoms with Gasteiger partial charge in [-0.3, -0.25) is 0 Å². The first-order chi connectivity index (χ1) is 9.54. The van der Waals surface area contributed by atoms with Crippen molar-refractivity contribution in [1.29, 1.82) is 0 Å². The summed E-state index contributed by atoms with van der Waals surface area (Å²) in [6, 6.07) is 7.57. The Bertz CT molecular complexity index is 652. The van der Waals surface area contributed by atoms with E-state index in [1.54, 1.807) is 6.07 Å². The fourth-order valence-corrected chi connectivity index (χ4v) is 2.51. The van der Waals surface area contributed by atoms with Crippen molar-refractivity contribution in [2.24, 2.45) is 0 Å². The Morgan fingerprint density at radius 3 is 2.90 bits per heavy atom. The molecule has 6 heteroatoms. The first kappa shape index (κ1) is 14.6. The summed E-state index contributed by atoms with van der Waals surface area (Å²) in [5.74, 6) is -1.00. The van der Waals surface area contributed by atoms with Crippen molar-refractivity contribution < 1.29 is 19.0 Å². The fourth-order valence-electron chi connectivity index (χ4n) is 1.46. The highest BCUT2D eigenvalue weighted by atomic mass is 35.5. The van der Waals surface area contributed by atoms with Gasteiger partial charge in [-0.05, 0) is 36.4 Å². The molecule has 0 saturated heterocycles. The summed E-state index contributed by atoms with van der Waals surface area (Å²) in [5.41, 5.74) is 0. The van der Waals surface area contributed by atoms with Crippen molar-refractivity contribution in [2.45, 2.75) is 6.61 Å². The Morgan fingerprint density at radius 1 is 1.40 bits per heavy atom. The van der Waals surface area contributed by atoms with Crippen molar-refractivity contribution in [3.05, 3.63) is 57.0 Å². The van der Waals surface area contributed by atoms with Crippen LogP contribution in [0.1, 0.15) is 9.75 Å². The van der Waals surface area contributed by atoms with Crippen LogP contribution in [-0.2, 0) is 11.4 Å². The molecule has 1 aromatic heterocycles. The van der Waals surface area contributed by atoms with Crippen molar-refractivity contribution in [3.63, 3.8) is 0 Å². The minimum absolute atomic E-state index is 0.215. The van der Waals surface area contributed by atoms with Crippen LogP contribution in [-0.4, -0.2) is 11.1 Å². The zero-order chi connectivity index (χ0) is 14.5. The lowest BCUT2D eigenvalue weighted by molar-refractivity contribution is -0.131. The van der Waals surface area contributed by atoms with Gasteiger partial charge in [-0.15, -0.1) is 11.3 Å². The van der Waals surface area contributed by atoms with Crippen LogP contribution in [0.15, 0.2) is 36.4 Å². The number of ether oxygens (including phenoxy) is 1. The Balaban J connectivity index is 1.99. The van der Waals surface area contributed by atoms with E-state index in [-0.39, 0.29) is 11.6 Å². The number of rotatable bonds is 5. The van der Waals surface area contributed by atoms with E-state index in [2.05, 4.69) is 0 Å². The topological polar surface area (TPSA) is 46.5 Å².